The van der Waals surface area contributed by atoms with Crippen LogP contribution >= 0.6 is 23.4 Å². The summed E-state index contributed by atoms with van der Waals surface area (Å²) in [6, 6.07) is 12.4. The van der Waals surface area contributed by atoms with E-state index in [1.165, 1.54) is 11.8 Å². The van der Waals surface area contributed by atoms with Gasteiger partial charge in [-0.05, 0) is 36.6 Å². The van der Waals surface area contributed by atoms with Crippen LogP contribution in [0, 0.1) is 0 Å². The van der Waals surface area contributed by atoms with Crippen molar-refractivity contribution in [3.63, 3.8) is 0 Å². The van der Waals surface area contributed by atoms with Crippen molar-refractivity contribution in [2.24, 2.45) is 0 Å². The number of amides is 1. The molecule has 3 rings (SSSR count). The highest BCUT2D eigenvalue weighted by Gasteiger charge is 2.11. The molecule has 3 aromatic rings. The quantitative estimate of drug-likeness (QED) is 0.668. The number of methoxy groups -OCH3 is 1. The van der Waals surface area contributed by atoms with E-state index < -0.39 is 0 Å². The first-order valence-electron chi connectivity index (χ1n) is 7.45. The Morgan fingerprint density at radius 3 is 2.88 bits per heavy atom. The minimum absolute atomic E-state index is 0.247. The van der Waals surface area contributed by atoms with E-state index in [-0.39, 0.29) is 5.91 Å². The van der Waals surface area contributed by atoms with Crippen molar-refractivity contribution in [2.75, 3.05) is 18.7 Å². The Kier molecular flexibility index (Phi) is 5.31. The highest BCUT2D eigenvalue weighted by atomic mass is 35.5. The standard InChI is InChI=1S/C18H16ClN3O2S/c1-24-14-6-7-15(19)16(11-14)21-17(23)12-4-3-5-13(10-12)22-9-8-20-18(22)25-2/h3-11H,1-2H3,(H,21,23). The van der Waals surface area contributed by atoms with Crippen LogP contribution in [0.4, 0.5) is 5.69 Å². The number of imidazole rings is 1. The number of benzene rings is 2. The van der Waals surface area contributed by atoms with Crippen LogP contribution in [0.25, 0.3) is 5.69 Å². The highest BCUT2D eigenvalue weighted by Crippen LogP contribution is 2.27. The first kappa shape index (κ1) is 17.4. The van der Waals surface area contributed by atoms with E-state index in [4.69, 9.17) is 16.3 Å². The summed E-state index contributed by atoms with van der Waals surface area (Å²) in [6.07, 6.45) is 5.55. The van der Waals surface area contributed by atoms with Crippen LogP contribution in [-0.2, 0) is 0 Å². The summed E-state index contributed by atoms with van der Waals surface area (Å²) in [5, 5.41) is 4.13. The third kappa shape index (κ3) is 3.81. The molecule has 0 saturated heterocycles. The molecule has 25 heavy (non-hydrogen) atoms. The Hall–Kier alpha value is -2.44. The Balaban J connectivity index is 1.87. The monoisotopic (exact) mass is 373 g/mol. The SMILES string of the molecule is COc1ccc(Cl)c(NC(=O)c2cccc(-n3ccnc3SC)c2)c1. The molecule has 0 aliphatic rings. The van der Waals surface area contributed by atoms with Gasteiger partial charge in [0.15, 0.2) is 5.16 Å². The van der Waals surface area contributed by atoms with E-state index in [2.05, 4.69) is 10.3 Å². The van der Waals surface area contributed by atoms with Gasteiger partial charge in [0.1, 0.15) is 5.75 Å². The summed E-state index contributed by atoms with van der Waals surface area (Å²) in [4.78, 5) is 16.9. The molecular weight excluding hydrogens is 358 g/mol. The first-order valence-corrected chi connectivity index (χ1v) is 9.05. The molecule has 1 amide bonds. The molecule has 0 unspecified atom stereocenters. The zero-order valence-electron chi connectivity index (χ0n) is 13.7. The fourth-order valence-corrected chi connectivity index (χ4v) is 3.05. The number of aromatic nitrogens is 2. The molecule has 2 aromatic carbocycles. The van der Waals surface area contributed by atoms with Crippen LogP contribution in [0.5, 0.6) is 5.75 Å². The van der Waals surface area contributed by atoms with Gasteiger partial charge in [0.25, 0.3) is 5.91 Å². The fourth-order valence-electron chi connectivity index (χ4n) is 2.36. The van der Waals surface area contributed by atoms with Crippen LogP contribution < -0.4 is 10.1 Å². The number of thioether (sulfide) groups is 1. The predicted molar refractivity (Wildman–Crippen MR) is 101 cm³/mol. The lowest BCUT2D eigenvalue weighted by Crippen LogP contribution is -2.12. The van der Waals surface area contributed by atoms with Crippen molar-refractivity contribution >= 4 is 35.0 Å². The predicted octanol–water partition coefficient (Wildman–Crippen LogP) is 4.51. The third-order valence-corrected chi connectivity index (χ3v) is 4.59. The van der Waals surface area contributed by atoms with E-state index in [0.29, 0.717) is 22.0 Å². The van der Waals surface area contributed by atoms with Crippen molar-refractivity contribution in [1.82, 2.24) is 9.55 Å². The molecule has 0 aliphatic heterocycles. The second kappa shape index (κ2) is 7.63. The molecular formula is C18H16ClN3O2S. The van der Waals surface area contributed by atoms with Crippen LogP contribution in [-0.4, -0.2) is 28.8 Å². The van der Waals surface area contributed by atoms with E-state index in [9.17, 15) is 4.79 Å². The second-order valence-corrected chi connectivity index (χ2v) is 6.31. The van der Waals surface area contributed by atoms with Gasteiger partial charge in [0, 0.05) is 29.7 Å². The van der Waals surface area contributed by atoms with Gasteiger partial charge in [-0.3, -0.25) is 9.36 Å². The summed E-state index contributed by atoms with van der Waals surface area (Å²) in [5.41, 5.74) is 1.90. The van der Waals surface area contributed by atoms with E-state index in [0.717, 1.165) is 10.8 Å². The summed E-state index contributed by atoms with van der Waals surface area (Å²) >= 11 is 7.69. The van der Waals surface area contributed by atoms with Crippen molar-refractivity contribution < 1.29 is 9.53 Å². The first-order chi connectivity index (χ1) is 12.1. The van der Waals surface area contributed by atoms with Crippen molar-refractivity contribution in [3.8, 4) is 11.4 Å². The Bertz CT molecular complexity index is 911. The molecule has 0 atom stereocenters. The van der Waals surface area contributed by atoms with Gasteiger partial charge in [-0.2, -0.15) is 0 Å². The maximum absolute atomic E-state index is 12.6. The summed E-state index contributed by atoms with van der Waals surface area (Å²) < 4.78 is 7.10. The number of carbonyl (C=O) groups excluding carboxylic acids is 1. The smallest absolute Gasteiger partial charge is 0.255 e. The number of nitrogens with one attached hydrogen (secondary N) is 1. The van der Waals surface area contributed by atoms with Crippen molar-refractivity contribution in [2.45, 2.75) is 5.16 Å². The lowest BCUT2D eigenvalue weighted by Gasteiger charge is -2.11. The van der Waals surface area contributed by atoms with Crippen molar-refractivity contribution in [3.05, 3.63) is 65.4 Å². The van der Waals surface area contributed by atoms with E-state index in [1.807, 2.05) is 35.2 Å². The van der Waals surface area contributed by atoms with Gasteiger partial charge in [-0.15, -0.1) is 0 Å². The largest absolute Gasteiger partial charge is 0.497 e. The normalized spacial score (nSPS) is 10.5. The molecule has 0 bridgehead atoms. The lowest BCUT2D eigenvalue weighted by molar-refractivity contribution is 0.102. The average Bonchev–Trinajstić information content (AvgIpc) is 3.12. The summed E-state index contributed by atoms with van der Waals surface area (Å²) in [7, 11) is 1.56. The molecule has 1 heterocycles. The number of anilines is 1. The topological polar surface area (TPSA) is 56.1 Å². The zero-order chi connectivity index (χ0) is 17.8. The molecule has 0 aliphatic carbocycles. The minimum atomic E-state index is -0.247. The van der Waals surface area contributed by atoms with E-state index in [1.54, 1.807) is 37.6 Å². The zero-order valence-corrected chi connectivity index (χ0v) is 15.3. The number of ether oxygens (including phenoxy) is 1. The summed E-state index contributed by atoms with van der Waals surface area (Å²) in [5.74, 6) is 0.374. The van der Waals surface area contributed by atoms with Crippen LogP contribution in [0.15, 0.2) is 60.0 Å². The maximum Gasteiger partial charge on any atom is 0.255 e. The number of hydrogen-bond acceptors (Lipinski definition) is 4. The molecule has 128 valence electrons. The molecule has 0 saturated carbocycles. The van der Waals surface area contributed by atoms with E-state index >= 15 is 0 Å². The Labute approximate surface area is 155 Å². The Morgan fingerprint density at radius 2 is 2.12 bits per heavy atom. The third-order valence-electron chi connectivity index (χ3n) is 3.60. The number of rotatable bonds is 5. The van der Waals surface area contributed by atoms with Crippen molar-refractivity contribution in [1.29, 1.82) is 0 Å². The molecule has 0 radical (unpaired) electrons. The second-order valence-electron chi connectivity index (χ2n) is 5.13. The lowest BCUT2D eigenvalue weighted by atomic mass is 10.1. The van der Waals surface area contributed by atoms with Gasteiger partial charge < -0.3 is 10.1 Å². The number of halogens is 1. The van der Waals surface area contributed by atoms with Gasteiger partial charge in [0.05, 0.1) is 17.8 Å². The molecule has 1 N–H and O–H groups in total. The van der Waals surface area contributed by atoms with Gasteiger partial charge in [-0.25, -0.2) is 4.98 Å². The molecule has 0 spiro atoms. The van der Waals surface area contributed by atoms with Crippen LogP contribution in [0.2, 0.25) is 5.02 Å². The number of hydrogen-bond donors (Lipinski definition) is 1. The molecule has 1 aromatic heterocycles. The summed E-state index contributed by atoms with van der Waals surface area (Å²) in [6.45, 7) is 0. The minimum Gasteiger partial charge on any atom is -0.497 e. The molecule has 5 nitrogen and oxygen atoms in total. The average molecular weight is 374 g/mol. The van der Waals surface area contributed by atoms with Crippen LogP contribution in [0.1, 0.15) is 10.4 Å². The fraction of sp³-hybridized carbons (Fsp3) is 0.111. The van der Waals surface area contributed by atoms with Gasteiger partial charge in [-0.1, -0.05) is 29.4 Å². The van der Waals surface area contributed by atoms with Gasteiger partial charge in [0.2, 0.25) is 0 Å². The van der Waals surface area contributed by atoms with Gasteiger partial charge >= 0.3 is 0 Å². The van der Waals surface area contributed by atoms with Crippen LogP contribution in [0.3, 0.4) is 0 Å². The molecule has 7 heteroatoms. The highest BCUT2D eigenvalue weighted by molar-refractivity contribution is 7.98. The Morgan fingerprint density at radius 1 is 1.28 bits per heavy atom. The maximum atomic E-state index is 12.6. The number of carbonyl (C=O) groups is 1. The number of nitrogens with zero attached hydrogens (tertiary/aromatic N) is 2. The molecule has 0 fully saturated rings.